The van der Waals surface area contributed by atoms with Gasteiger partial charge in [-0.25, -0.2) is 9.59 Å². The van der Waals surface area contributed by atoms with Crippen LogP contribution in [0.3, 0.4) is 0 Å². The van der Waals surface area contributed by atoms with E-state index in [9.17, 15) is 9.59 Å². The number of nitrogens with zero attached hydrogens (tertiary/aromatic N) is 2. The molecule has 1 aliphatic rings. The highest BCUT2D eigenvalue weighted by molar-refractivity contribution is 5.93. The fourth-order valence-corrected chi connectivity index (χ4v) is 3.18. The predicted molar refractivity (Wildman–Crippen MR) is 105 cm³/mol. The number of hydrogen-bond acceptors (Lipinski definition) is 4. The number of benzene rings is 2. The van der Waals surface area contributed by atoms with Crippen LogP contribution in [0.1, 0.15) is 21.5 Å². The van der Waals surface area contributed by atoms with Gasteiger partial charge in [-0.3, -0.25) is 4.90 Å². The molecule has 1 heterocycles. The van der Waals surface area contributed by atoms with Crippen molar-refractivity contribution in [1.29, 1.82) is 0 Å². The summed E-state index contributed by atoms with van der Waals surface area (Å²) in [6, 6.07) is 15.0. The number of hydrogen-bond donors (Lipinski definition) is 1. The van der Waals surface area contributed by atoms with Gasteiger partial charge in [0.15, 0.2) is 0 Å². The van der Waals surface area contributed by atoms with Crippen molar-refractivity contribution in [3.05, 3.63) is 65.2 Å². The molecule has 2 aromatic rings. The first-order valence-corrected chi connectivity index (χ1v) is 9.08. The molecule has 142 valence electrons. The van der Waals surface area contributed by atoms with E-state index in [0.717, 1.165) is 19.6 Å². The van der Waals surface area contributed by atoms with Gasteiger partial charge in [0.1, 0.15) is 0 Å². The van der Waals surface area contributed by atoms with Crippen LogP contribution < -0.4 is 5.32 Å². The largest absolute Gasteiger partial charge is 0.465 e. The van der Waals surface area contributed by atoms with Crippen molar-refractivity contribution >= 4 is 17.7 Å². The normalized spacial score (nSPS) is 14.7. The number of ether oxygens (including phenoxy) is 1. The highest BCUT2D eigenvalue weighted by Crippen LogP contribution is 2.15. The van der Waals surface area contributed by atoms with Crippen LogP contribution in [0.25, 0.3) is 0 Å². The molecule has 0 aromatic heterocycles. The van der Waals surface area contributed by atoms with Crippen LogP contribution in [0.5, 0.6) is 0 Å². The maximum Gasteiger partial charge on any atom is 0.337 e. The van der Waals surface area contributed by atoms with Gasteiger partial charge in [0.05, 0.1) is 12.7 Å². The molecule has 1 saturated heterocycles. The summed E-state index contributed by atoms with van der Waals surface area (Å²) in [6.45, 7) is 6.06. The lowest BCUT2D eigenvalue weighted by Crippen LogP contribution is -2.49. The highest BCUT2D eigenvalue weighted by Gasteiger charge is 2.21. The van der Waals surface area contributed by atoms with Gasteiger partial charge in [-0.2, -0.15) is 0 Å². The smallest absolute Gasteiger partial charge is 0.337 e. The number of esters is 1. The molecule has 0 aliphatic carbocycles. The maximum atomic E-state index is 12.5. The molecule has 6 nitrogen and oxygen atoms in total. The van der Waals surface area contributed by atoms with Crippen LogP contribution in [-0.2, 0) is 11.3 Å². The molecule has 1 N–H and O–H groups in total. The van der Waals surface area contributed by atoms with Crippen LogP contribution in [-0.4, -0.2) is 55.1 Å². The average molecular weight is 367 g/mol. The summed E-state index contributed by atoms with van der Waals surface area (Å²) in [5.74, 6) is -0.420. The van der Waals surface area contributed by atoms with Gasteiger partial charge in [0.2, 0.25) is 0 Å². The third-order valence-electron chi connectivity index (χ3n) is 4.85. The van der Waals surface area contributed by atoms with Crippen LogP contribution in [0.4, 0.5) is 10.5 Å². The Kier molecular flexibility index (Phi) is 6.08. The van der Waals surface area contributed by atoms with Crippen molar-refractivity contribution < 1.29 is 14.3 Å². The lowest BCUT2D eigenvalue weighted by molar-refractivity contribution is 0.0600. The van der Waals surface area contributed by atoms with Crippen molar-refractivity contribution in [3.63, 3.8) is 0 Å². The van der Waals surface area contributed by atoms with Crippen LogP contribution in [0.2, 0.25) is 0 Å². The molecule has 0 bridgehead atoms. The van der Waals surface area contributed by atoms with Crippen LogP contribution in [0, 0.1) is 6.92 Å². The first kappa shape index (κ1) is 18.9. The second kappa shape index (κ2) is 8.68. The van der Waals surface area contributed by atoms with E-state index in [-0.39, 0.29) is 6.03 Å². The minimum Gasteiger partial charge on any atom is -0.465 e. The van der Waals surface area contributed by atoms with Gasteiger partial charge in [-0.1, -0.05) is 30.3 Å². The number of anilines is 1. The number of carbonyl (C=O) groups is 2. The van der Waals surface area contributed by atoms with Crippen molar-refractivity contribution in [2.24, 2.45) is 0 Å². The fourth-order valence-electron chi connectivity index (χ4n) is 3.18. The van der Waals surface area contributed by atoms with Gasteiger partial charge >= 0.3 is 12.0 Å². The molecule has 1 fully saturated rings. The van der Waals surface area contributed by atoms with E-state index in [1.807, 2.05) is 0 Å². The molecule has 0 saturated carbocycles. The van der Waals surface area contributed by atoms with E-state index in [1.54, 1.807) is 29.2 Å². The Labute approximate surface area is 159 Å². The van der Waals surface area contributed by atoms with Crippen molar-refractivity contribution in [1.82, 2.24) is 9.80 Å². The topological polar surface area (TPSA) is 61.9 Å². The monoisotopic (exact) mass is 367 g/mol. The van der Waals surface area contributed by atoms with Crippen molar-refractivity contribution in [2.75, 3.05) is 38.6 Å². The summed E-state index contributed by atoms with van der Waals surface area (Å²) in [4.78, 5) is 28.3. The maximum absolute atomic E-state index is 12.5. The van der Waals surface area contributed by atoms with E-state index in [2.05, 4.69) is 41.4 Å². The Hall–Kier alpha value is -2.86. The average Bonchev–Trinajstić information content (AvgIpc) is 2.70. The molecule has 0 atom stereocenters. The lowest BCUT2D eigenvalue weighted by Gasteiger charge is -2.35. The second-order valence-corrected chi connectivity index (χ2v) is 6.69. The summed E-state index contributed by atoms with van der Waals surface area (Å²) in [5.41, 5.74) is 3.63. The highest BCUT2D eigenvalue weighted by atomic mass is 16.5. The summed E-state index contributed by atoms with van der Waals surface area (Å²) >= 11 is 0. The van der Waals surface area contributed by atoms with Gasteiger partial charge in [0.25, 0.3) is 0 Å². The minimum absolute atomic E-state index is 0.146. The van der Waals surface area contributed by atoms with Crippen molar-refractivity contribution in [3.8, 4) is 0 Å². The molecule has 1 aliphatic heterocycles. The van der Waals surface area contributed by atoms with Gasteiger partial charge < -0.3 is 15.0 Å². The molecule has 27 heavy (non-hydrogen) atoms. The molecule has 0 unspecified atom stereocenters. The molecule has 2 amide bonds. The third-order valence-corrected chi connectivity index (χ3v) is 4.85. The molecule has 2 aromatic carbocycles. The summed E-state index contributed by atoms with van der Waals surface area (Å²) in [5, 5.41) is 2.87. The van der Waals surface area contributed by atoms with E-state index in [0.29, 0.717) is 24.3 Å². The zero-order valence-electron chi connectivity index (χ0n) is 15.8. The van der Waals surface area contributed by atoms with E-state index >= 15 is 0 Å². The Morgan fingerprint density at radius 2 is 1.78 bits per heavy atom. The molecular weight excluding hydrogens is 342 g/mol. The Morgan fingerprint density at radius 3 is 2.48 bits per heavy atom. The zero-order chi connectivity index (χ0) is 19.2. The van der Waals surface area contributed by atoms with E-state index in [4.69, 9.17) is 4.74 Å². The Balaban J connectivity index is 1.53. The molecule has 0 radical (unpaired) electrons. The van der Waals surface area contributed by atoms with Gasteiger partial charge in [-0.05, 0) is 36.2 Å². The number of aryl methyl sites for hydroxylation is 1. The number of amides is 2. The SMILES string of the molecule is COC(=O)c1cccc(NC(=O)N2CCN(Cc3ccccc3C)CC2)c1. The quantitative estimate of drug-likeness (QED) is 0.844. The number of nitrogens with one attached hydrogen (secondary N) is 1. The number of methoxy groups -OCH3 is 1. The number of piperazine rings is 1. The predicted octanol–water partition coefficient (Wildman–Crippen LogP) is 3.13. The fraction of sp³-hybridized carbons (Fsp3) is 0.333. The number of urea groups is 1. The van der Waals surface area contributed by atoms with Crippen LogP contribution >= 0.6 is 0 Å². The summed E-state index contributed by atoms with van der Waals surface area (Å²) in [7, 11) is 1.34. The summed E-state index contributed by atoms with van der Waals surface area (Å²) in [6.07, 6.45) is 0. The first-order chi connectivity index (χ1) is 13.1. The Morgan fingerprint density at radius 1 is 1.04 bits per heavy atom. The van der Waals surface area contributed by atoms with E-state index < -0.39 is 5.97 Å². The minimum atomic E-state index is -0.420. The lowest BCUT2D eigenvalue weighted by atomic mass is 10.1. The number of carbonyl (C=O) groups excluding carboxylic acids is 2. The summed E-state index contributed by atoms with van der Waals surface area (Å²) < 4.78 is 4.71. The standard InChI is InChI=1S/C21H25N3O3/c1-16-6-3-4-7-18(16)15-23-10-12-24(13-11-23)21(26)22-19-9-5-8-17(14-19)20(25)27-2/h3-9,14H,10-13,15H2,1-2H3,(H,22,26). The molecule has 0 spiro atoms. The second-order valence-electron chi connectivity index (χ2n) is 6.69. The van der Waals surface area contributed by atoms with Gasteiger partial charge in [0, 0.05) is 38.4 Å². The molecular formula is C21H25N3O3. The van der Waals surface area contributed by atoms with Crippen molar-refractivity contribution in [2.45, 2.75) is 13.5 Å². The third kappa shape index (κ3) is 4.86. The van der Waals surface area contributed by atoms with Crippen LogP contribution in [0.15, 0.2) is 48.5 Å². The van der Waals surface area contributed by atoms with Gasteiger partial charge in [-0.15, -0.1) is 0 Å². The first-order valence-electron chi connectivity index (χ1n) is 9.08. The Bertz CT molecular complexity index is 814. The molecule has 6 heteroatoms. The van der Waals surface area contributed by atoms with E-state index in [1.165, 1.54) is 18.2 Å². The number of rotatable bonds is 4. The zero-order valence-corrected chi connectivity index (χ0v) is 15.8. The molecule has 3 rings (SSSR count).